The van der Waals surface area contributed by atoms with Gasteiger partial charge < -0.3 is 15.5 Å². The molecule has 0 aromatic carbocycles. The minimum absolute atomic E-state index is 0. The molecular weight excluding hydrogens is 242 g/mol. The summed E-state index contributed by atoms with van der Waals surface area (Å²) >= 11 is 0. The van der Waals surface area contributed by atoms with Gasteiger partial charge in [-0.25, -0.2) is 0 Å². The van der Waals surface area contributed by atoms with Crippen LogP contribution < -0.4 is 10.6 Å². The van der Waals surface area contributed by atoms with E-state index in [1.54, 1.807) is 14.1 Å². The third kappa shape index (κ3) is 5.89. The number of halogens is 1. The van der Waals surface area contributed by atoms with E-state index in [4.69, 9.17) is 0 Å². The summed E-state index contributed by atoms with van der Waals surface area (Å²) in [5.74, 6) is 0.0585. The molecule has 1 rings (SSSR count). The van der Waals surface area contributed by atoms with Crippen LogP contribution in [0, 0.1) is 0 Å². The fourth-order valence-corrected chi connectivity index (χ4v) is 1.72. The normalized spacial score (nSPS) is 19.1. The molecule has 0 bridgehead atoms. The molecular formula is C11H22ClN3O2. The van der Waals surface area contributed by atoms with Crippen LogP contribution in [0.3, 0.4) is 0 Å². The minimum atomic E-state index is -0.0665. The molecule has 2 N–H and O–H groups in total. The second-order valence-corrected chi connectivity index (χ2v) is 4.33. The predicted molar refractivity (Wildman–Crippen MR) is 69.2 cm³/mol. The minimum Gasteiger partial charge on any atom is -0.354 e. The molecule has 6 heteroatoms. The molecule has 0 aromatic heterocycles. The van der Waals surface area contributed by atoms with E-state index in [-0.39, 0.29) is 30.3 Å². The fraction of sp³-hybridized carbons (Fsp3) is 0.818. The Bertz CT molecular complexity index is 253. The number of rotatable bonds is 4. The van der Waals surface area contributed by atoms with Crippen LogP contribution in [-0.4, -0.2) is 49.9 Å². The summed E-state index contributed by atoms with van der Waals surface area (Å²) < 4.78 is 0. The van der Waals surface area contributed by atoms with Crippen molar-refractivity contribution in [3.05, 3.63) is 0 Å². The summed E-state index contributed by atoms with van der Waals surface area (Å²) in [5, 5.41) is 5.96. The van der Waals surface area contributed by atoms with E-state index >= 15 is 0 Å². The van der Waals surface area contributed by atoms with Gasteiger partial charge >= 0.3 is 0 Å². The van der Waals surface area contributed by atoms with E-state index in [2.05, 4.69) is 10.6 Å². The van der Waals surface area contributed by atoms with Crippen molar-refractivity contribution in [2.75, 3.05) is 27.2 Å². The smallest absolute Gasteiger partial charge is 0.237 e. The van der Waals surface area contributed by atoms with Gasteiger partial charge in [-0.2, -0.15) is 0 Å². The molecule has 1 aliphatic rings. The molecule has 5 nitrogen and oxygen atoms in total. The van der Waals surface area contributed by atoms with Crippen molar-refractivity contribution in [1.82, 2.24) is 15.5 Å². The number of nitrogens with one attached hydrogen (secondary N) is 2. The monoisotopic (exact) mass is 263 g/mol. The Morgan fingerprint density at radius 1 is 1.35 bits per heavy atom. The Labute approximate surface area is 109 Å². The van der Waals surface area contributed by atoms with Crippen molar-refractivity contribution in [3.8, 4) is 0 Å². The van der Waals surface area contributed by atoms with Gasteiger partial charge in [-0.05, 0) is 19.4 Å². The highest BCUT2D eigenvalue weighted by Crippen LogP contribution is 2.06. The molecule has 0 aliphatic carbocycles. The van der Waals surface area contributed by atoms with Crippen molar-refractivity contribution in [2.24, 2.45) is 0 Å². The largest absolute Gasteiger partial charge is 0.354 e. The second kappa shape index (κ2) is 8.31. The van der Waals surface area contributed by atoms with Gasteiger partial charge in [0.2, 0.25) is 11.8 Å². The van der Waals surface area contributed by atoms with E-state index in [1.807, 2.05) is 0 Å². The molecule has 0 radical (unpaired) electrons. The maximum atomic E-state index is 11.7. The summed E-state index contributed by atoms with van der Waals surface area (Å²) in [6, 6.07) is -0.0665. The van der Waals surface area contributed by atoms with Crippen molar-refractivity contribution in [3.63, 3.8) is 0 Å². The molecule has 1 fully saturated rings. The standard InChI is InChI=1S/C11H21N3O2.ClH/c1-14(2)10(15)6-8-13-11(16)9-5-3-4-7-12-9;/h9,12H,3-8H2,1-2H3,(H,13,16);1H/t9-;/m1./s1. The predicted octanol–water partition coefficient (Wildman–Crippen LogP) is 0.145. The van der Waals surface area contributed by atoms with Crippen LogP contribution in [0.4, 0.5) is 0 Å². The van der Waals surface area contributed by atoms with Crippen LogP contribution in [0.2, 0.25) is 0 Å². The zero-order chi connectivity index (χ0) is 12.0. The van der Waals surface area contributed by atoms with Crippen LogP contribution >= 0.6 is 12.4 Å². The first-order valence-corrected chi connectivity index (χ1v) is 5.82. The summed E-state index contributed by atoms with van der Waals surface area (Å²) in [7, 11) is 3.43. The van der Waals surface area contributed by atoms with Crippen LogP contribution in [0.25, 0.3) is 0 Å². The molecule has 17 heavy (non-hydrogen) atoms. The van der Waals surface area contributed by atoms with Crippen LogP contribution in [0.15, 0.2) is 0 Å². The van der Waals surface area contributed by atoms with Gasteiger partial charge in [-0.3, -0.25) is 9.59 Å². The first-order valence-electron chi connectivity index (χ1n) is 5.82. The fourth-order valence-electron chi connectivity index (χ4n) is 1.72. The zero-order valence-electron chi connectivity index (χ0n) is 10.5. The van der Waals surface area contributed by atoms with Crippen molar-refractivity contribution < 1.29 is 9.59 Å². The lowest BCUT2D eigenvalue weighted by Gasteiger charge is -2.22. The topological polar surface area (TPSA) is 61.4 Å². The Morgan fingerprint density at radius 2 is 2.06 bits per heavy atom. The Balaban J connectivity index is 0.00000256. The van der Waals surface area contributed by atoms with E-state index in [0.717, 1.165) is 25.8 Å². The van der Waals surface area contributed by atoms with Crippen LogP contribution in [0.1, 0.15) is 25.7 Å². The molecule has 1 atom stereocenters. The van der Waals surface area contributed by atoms with Crippen LogP contribution in [0.5, 0.6) is 0 Å². The zero-order valence-corrected chi connectivity index (χ0v) is 11.3. The number of carbonyl (C=O) groups excluding carboxylic acids is 2. The summed E-state index contributed by atoms with van der Waals surface area (Å²) in [4.78, 5) is 24.4. The highest BCUT2D eigenvalue weighted by molar-refractivity contribution is 5.85. The second-order valence-electron chi connectivity index (χ2n) is 4.33. The number of amides is 2. The lowest BCUT2D eigenvalue weighted by molar-refractivity contribution is -0.128. The third-order valence-corrected chi connectivity index (χ3v) is 2.76. The highest BCUT2D eigenvalue weighted by Gasteiger charge is 2.19. The van der Waals surface area contributed by atoms with E-state index in [1.165, 1.54) is 4.90 Å². The van der Waals surface area contributed by atoms with Gasteiger partial charge in [-0.15, -0.1) is 12.4 Å². The number of nitrogens with zero attached hydrogens (tertiary/aromatic N) is 1. The average Bonchev–Trinajstić information content (AvgIpc) is 2.29. The lowest BCUT2D eigenvalue weighted by Crippen LogP contribution is -2.47. The molecule has 0 spiro atoms. The number of hydrogen-bond acceptors (Lipinski definition) is 3. The Kier molecular flexibility index (Phi) is 7.91. The molecule has 100 valence electrons. The number of hydrogen-bond donors (Lipinski definition) is 2. The molecule has 1 aliphatic heterocycles. The first kappa shape index (κ1) is 16.2. The summed E-state index contributed by atoms with van der Waals surface area (Å²) in [6.07, 6.45) is 3.50. The van der Waals surface area contributed by atoms with Crippen molar-refractivity contribution in [1.29, 1.82) is 0 Å². The maximum Gasteiger partial charge on any atom is 0.237 e. The van der Waals surface area contributed by atoms with Gasteiger partial charge in [0.15, 0.2) is 0 Å². The van der Waals surface area contributed by atoms with Gasteiger partial charge in [-0.1, -0.05) is 6.42 Å². The SMILES string of the molecule is CN(C)C(=O)CCNC(=O)[C@H]1CCCCN1.Cl. The number of carbonyl (C=O) groups is 2. The van der Waals surface area contributed by atoms with Crippen molar-refractivity contribution in [2.45, 2.75) is 31.7 Å². The van der Waals surface area contributed by atoms with Gasteiger partial charge in [0.25, 0.3) is 0 Å². The van der Waals surface area contributed by atoms with E-state index < -0.39 is 0 Å². The lowest BCUT2D eigenvalue weighted by atomic mass is 10.0. The highest BCUT2D eigenvalue weighted by atomic mass is 35.5. The van der Waals surface area contributed by atoms with Crippen LogP contribution in [-0.2, 0) is 9.59 Å². The van der Waals surface area contributed by atoms with Crippen molar-refractivity contribution >= 4 is 24.2 Å². The quantitative estimate of drug-likeness (QED) is 0.759. The Hall–Kier alpha value is -0.810. The maximum absolute atomic E-state index is 11.7. The average molecular weight is 264 g/mol. The molecule has 2 amide bonds. The molecule has 0 aromatic rings. The summed E-state index contributed by atoms with van der Waals surface area (Å²) in [6.45, 7) is 1.34. The summed E-state index contributed by atoms with van der Waals surface area (Å²) in [5.41, 5.74) is 0. The molecule has 1 heterocycles. The molecule has 0 unspecified atom stereocenters. The van der Waals surface area contributed by atoms with Gasteiger partial charge in [0.05, 0.1) is 6.04 Å². The molecule has 1 saturated heterocycles. The Morgan fingerprint density at radius 3 is 2.59 bits per heavy atom. The first-order chi connectivity index (χ1) is 7.61. The van der Waals surface area contributed by atoms with E-state index in [9.17, 15) is 9.59 Å². The third-order valence-electron chi connectivity index (χ3n) is 2.76. The number of piperidine rings is 1. The van der Waals surface area contributed by atoms with E-state index in [0.29, 0.717) is 13.0 Å². The molecule has 0 saturated carbocycles. The van der Waals surface area contributed by atoms with Gasteiger partial charge in [0.1, 0.15) is 0 Å². The van der Waals surface area contributed by atoms with Gasteiger partial charge in [0, 0.05) is 27.1 Å².